The summed E-state index contributed by atoms with van der Waals surface area (Å²) in [5.74, 6) is 2.78. The molecular formula is C31H51NO3. The number of hydrogen-bond donors (Lipinski definition) is 3. The van der Waals surface area contributed by atoms with Crippen LogP contribution in [0.2, 0.25) is 0 Å². The molecule has 5 aliphatic rings. The fourth-order valence-corrected chi connectivity index (χ4v) is 11.7. The van der Waals surface area contributed by atoms with E-state index in [1.165, 1.54) is 44.1 Å². The van der Waals surface area contributed by atoms with Crippen LogP contribution in [0.25, 0.3) is 0 Å². The third kappa shape index (κ3) is 3.08. The van der Waals surface area contributed by atoms with Crippen molar-refractivity contribution in [3.05, 3.63) is 12.2 Å². The minimum atomic E-state index is -0.422. The van der Waals surface area contributed by atoms with E-state index < -0.39 is 5.41 Å². The van der Waals surface area contributed by atoms with E-state index in [0.717, 1.165) is 37.8 Å². The van der Waals surface area contributed by atoms with Crippen LogP contribution in [0, 0.1) is 56.7 Å². The normalized spacial score (nSPS) is 54.5. The van der Waals surface area contributed by atoms with E-state index in [0.29, 0.717) is 36.2 Å². The molecule has 0 aromatic carbocycles. The van der Waals surface area contributed by atoms with Crippen LogP contribution in [-0.2, 0) is 0 Å². The Hall–Kier alpha value is -0.870. The smallest absolute Gasteiger partial charge is 0.0655 e. The van der Waals surface area contributed by atoms with Crippen molar-refractivity contribution in [3.63, 3.8) is 0 Å². The molecule has 0 radical (unpaired) electrons. The number of aliphatic hydroxyl groups is 2. The van der Waals surface area contributed by atoms with Crippen LogP contribution >= 0.6 is 0 Å². The molecule has 10 atom stereocenters. The third-order valence-corrected chi connectivity index (χ3v) is 13.9. The molecule has 5 rings (SSSR count). The number of oxime groups is 1. The first-order valence-corrected chi connectivity index (χ1v) is 14.6. The van der Waals surface area contributed by atoms with Gasteiger partial charge in [-0.3, -0.25) is 0 Å². The monoisotopic (exact) mass is 485 g/mol. The Morgan fingerprint density at radius 2 is 1.63 bits per heavy atom. The van der Waals surface area contributed by atoms with Gasteiger partial charge in [-0.1, -0.05) is 51.9 Å². The average molecular weight is 486 g/mol. The van der Waals surface area contributed by atoms with Crippen LogP contribution in [0.4, 0.5) is 0 Å². The van der Waals surface area contributed by atoms with E-state index in [9.17, 15) is 15.4 Å². The van der Waals surface area contributed by atoms with E-state index in [-0.39, 0.29) is 28.3 Å². The molecule has 0 saturated heterocycles. The highest BCUT2D eigenvalue weighted by Crippen LogP contribution is 2.77. The van der Waals surface area contributed by atoms with Crippen LogP contribution in [0.5, 0.6) is 0 Å². The van der Waals surface area contributed by atoms with Crippen LogP contribution < -0.4 is 0 Å². The standard InChI is InChI=1S/C31H51NO3/c1-7-20(2)21-10-15-31(19-34)17-16-29(5)22(26(21)31)8-9-24-27(3)13-12-25(32-35)28(4,18-33)23(27)11-14-30(24,29)6/h21-24,26,33-35H,2,7-19H2,1,3-6H3/b32-25-/t21-,22+,23+,24+,26+,27-,28-,29+,30+,31+/m0/s1. The van der Waals surface area contributed by atoms with Gasteiger partial charge in [0, 0.05) is 12.0 Å². The topological polar surface area (TPSA) is 73.1 Å². The molecule has 0 spiro atoms. The first kappa shape index (κ1) is 25.8. The van der Waals surface area contributed by atoms with Crippen molar-refractivity contribution >= 4 is 5.71 Å². The number of allylic oxidation sites excluding steroid dienone is 1. The lowest BCUT2D eigenvalue weighted by molar-refractivity contribution is -0.233. The summed E-state index contributed by atoms with van der Waals surface area (Å²) in [6.45, 7) is 17.1. The van der Waals surface area contributed by atoms with Gasteiger partial charge in [0.2, 0.25) is 0 Å². The summed E-state index contributed by atoms with van der Waals surface area (Å²) in [7, 11) is 0. The van der Waals surface area contributed by atoms with Crippen molar-refractivity contribution in [2.75, 3.05) is 13.2 Å². The second-order valence-corrected chi connectivity index (χ2v) is 14.5. The summed E-state index contributed by atoms with van der Waals surface area (Å²) in [4.78, 5) is 0. The Morgan fingerprint density at radius 1 is 0.886 bits per heavy atom. The molecule has 198 valence electrons. The van der Waals surface area contributed by atoms with Gasteiger partial charge in [-0.05, 0) is 122 Å². The van der Waals surface area contributed by atoms with E-state index in [1.54, 1.807) is 0 Å². The highest BCUT2D eigenvalue weighted by atomic mass is 16.4. The molecule has 35 heavy (non-hydrogen) atoms. The summed E-state index contributed by atoms with van der Waals surface area (Å²) < 4.78 is 0. The number of fused-ring (bicyclic) bond motifs is 7. The number of hydrogen-bond acceptors (Lipinski definition) is 4. The predicted molar refractivity (Wildman–Crippen MR) is 141 cm³/mol. The lowest BCUT2D eigenvalue weighted by Gasteiger charge is -2.72. The van der Waals surface area contributed by atoms with Gasteiger partial charge < -0.3 is 15.4 Å². The molecule has 0 aliphatic heterocycles. The minimum absolute atomic E-state index is 0.0673. The van der Waals surface area contributed by atoms with Crippen molar-refractivity contribution in [1.82, 2.24) is 0 Å². The van der Waals surface area contributed by atoms with Crippen molar-refractivity contribution in [3.8, 4) is 0 Å². The maximum Gasteiger partial charge on any atom is 0.0655 e. The van der Waals surface area contributed by atoms with Gasteiger partial charge in [-0.25, -0.2) is 0 Å². The van der Waals surface area contributed by atoms with Crippen LogP contribution in [-0.4, -0.2) is 34.3 Å². The van der Waals surface area contributed by atoms with E-state index in [2.05, 4.69) is 46.4 Å². The molecule has 0 aromatic rings. The lowest BCUT2D eigenvalue weighted by atomic mass is 9.32. The molecule has 0 aromatic heterocycles. The van der Waals surface area contributed by atoms with Crippen molar-refractivity contribution < 1.29 is 15.4 Å². The Morgan fingerprint density at radius 3 is 2.26 bits per heavy atom. The highest BCUT2D eigenvalue weighted by molar-refractivity contribution is 5.91. The first-order valence-electron chi connectivity index (χ1n) is 14.6. The van der Waals surface area contributed by atoms with Gasteiger partial charge in [-0.15, -0.1) is 0 Å². The Kier molecular flexibility index (Phi) is 6.12. The molecule has 4 heteroatoms. The summed E-state index contributed by atoms with van der Waals surface area (Å²) >= 11 is 0. The van der Waals surface area contributed by atoms with E-state index in [1.807, 2.05) is 0 Å². The molecular weight excluding hydrogens is 434 g/mol. The average Bonchev–Trinajstić information content (AvgIpc) is 3.24. The molecule has 0 amide bonds. The number of aliphatic hydroxyl groups excluding tert-OH is 2. The third-order valence-electron chi connectivity index (χ3n) is 13.9. The molecule has 5 aliphatic carbocycles. The van der Waals surface area contributed by atoms with E-state index in [4.69, 9.17) is 0 Å². The Labute approximate surface area is 213 Å². The second-order valence-electron chi connectivity index (χ2n) is 14.5. The Balaban J connectivity index is 1.55. The molecule has 5 saturated carbocycles. The minimum Gasteiger partial charge on any atom is -0.411 e. The quantitative estimate of drug-likeness (QED) is 0.232. The number of rotatable bonds is 4. The van der Waals surface area contributed by atoms with Gasteiger partial charge >= 0.3 is 0 Å². The van der Waals surface area contributed by atoms with Gasteiger partial charge in [-0.2, -0.15) is 0 Å². The number of nitrogens with zero attached hydrogens (tertiary/aromatic N) is 1. The summed E-state index contributed by atoms with van der Waals surface area (Å²) in [5, 5.41) is 34.8. The van der Waals surface area contributed by atoms with Crippen molar-refractivity contribution in [1.29, 1.82) is 0 Å². The van der Waals surface area contributed by atoms with Gasteiger partial charge in [0.15, 0.2) is 0 Å². The zero-order valence-corrected chi connectivity index (χ0v) is 23.1. The van der Waals surface area contributed by atoms with Crippen LogP contribution in [0.1, 0.15) is 105 Å². The summed E-state index contributed by atoms with van der Waals surface area (Å²) in [5.41, 5.74) is 2.58. The first-order chi connectivity index (χ1) is 16.5. The Bertz CT molecular complexity index is 900. The van der Waals surface area contributed by atoms with Crippen molar-refractivity contribution in [2.45, 2.75) is 105 Å². The zero-order valence-electron chi connectivity index (χ0n) is 23.1. The molecule has 3 N–H and O–H groups in total. The highest BCUT2D eigenvalue weighted by Gasteiger charge is 2.71. The largest absolute Gasteiger partial charge is 0.411 e. The lowest BCUT2D eigenvalue weighted by Crippen LogP contribution is -2.67. The zero-order chi connectivity index (χ0) is 25.4. The van der Waals surface area contributed by atoms with Gasteiger partial charge in [0.1, 0.15) is 0 Å². The maximum atomic E-state index is 10.7. The van der Waals surface area contributed by atoms with Gasteiger partial charge in [0.05, 0.1) is 12.3 Å². The molecule has 4 nitrogen and oxygen atoms in total. The summed E-state index contributed by atoms with van der Waals surface area (Å²) in [6.07, 6.45) is 12.5. The second kappa shape index (κ2) is 8.32. The molecule has 0 bridgehead atoms. The predicted octanol–water partition coefficient (Wildman–Crippen LogP) is 6.83. The maximum absolute atomic E-state index is 10.7. The molecule has 0 heterocycles. The van der Waals surface area contributed by atoms with E-state index >= 15 is 0 Å². The SMILES string of the molecule is C=C(CC)[C@@H]1CC[C@]2(CO)CC[C@]3(C)[C@H](CC[C@@H]4[C@@]5(C)CC/C(=N/O)[C@@](C)(CO)[C@@H]5CC[C@]43C)[C@@H]12. The van der Waals surface area contributed by atoms with Crippen LogP contribution in [0.3, 0.4) is 0 Å². The van der Waals surface area contributed by atoms with Crippen molar-refractivity contribution in [2.24, 2.45) is 61.8 Å². The van der Waals surface area contributed by atoms with Crippen LogP contribution in [0.15, 0.2) is 17.3 Å². The molecule has 5 fully saturated rings. The molecule has 0 unspecified atom stereocenters. The fraction of sp³-hybridized carbons (Fsp3) is 0.903. The fourth-order valence-electron chi connectivity index (χ4n) is 11.7. The van der Waals surface area contributed by atoms with Gasteiger partial charge in [0.25, 0.3) is 0 Å². The summed E-state index contributed by atoms with van der Waals surface area (Å²) in [6, 6.07) is 0.